The fourth-order valence-corrected chi connectivity index (χ4v) is 5.11. The first-order chi connectivity index (χ1) is 17.4. The maximum absolute atomic E-state index is 13.8. The van der Waals surface area contributed by atoms with Crippen molar-refractivity contribution in [1.82, 2.24) is 4.57 Å². The van der Waals surface area contributed by atoms with E-state index < -0.39 is 12.0 Å². The number of para-hydroxylation sites is 1. The van der Waals surface area contributed by atoms with Crippen LogP contribution in [0.3, 0.4) is 0 Å². The summed E-state index contributed by atoms with van der Waals surface area (Å²) in [5, 5.41) is 0. The van der Waals surface area contributed by atoms with Gasteiger partial charge in [0.2, 0.25) is 0 Å². The molecule has 0 unspecified atom stereocenters. The molecule has 1 atom stereocenters. The third kappa shape index (κ3) is 4.70. The van der Waals surface area contributed by atoms with Gasteiger partial charge in [0.15, 0.2) is 16.3 Å². The van der Waals surface area contributed by atoms with E-state index in [4.69, 9.17) is 20.6 Å². The number of aromatic nitrogens is 1. The van der Waals surface area contributed by atoms with E-state index in [-0.39, 0.29) is 18.8 Å². The Morgan fingerprint density at radius 3 is 2.64 bits per heavy atom. The number of thiazole rings is 1. The molecular weight excluding hydrogens is 476 g/mol. The largest absolute Gasteiger partial charge is 0.493 e. The van der Waals surface area contributed by atoms with Crippen LogP contribution < -0.4 is 24.4 Å². The molecule has 0 saturated carbocycles. The fraction of sp³-hybridized carbons (Fsp3) is 0.250. The Morgan fingerprint density at radius 2 is 1.97 bits per heavy atom. The summed E-state index contributed by atoms with van der Waals surface area (Å²) < 4.78 is 18.5. The number of rotatable bonds is 7. The van der Waals surface area contributed by atoms with Gasteiger partial charge in [-0.15, -0.1) is 6.42 Å². The van der Waals surface area contributed by atoms with Crippen LogP contribution in [0.1, 0.15) is 36.6 Å². The molecule has 7 nitrogen and oxygen atoms in total. The van der Waals surface area contributed by atoms with Crippen LogP contribution in [0.4, 0.5) is 0 Å². The van der Waals surface area contributed by atoms with Gasteiger partial charge in [0.1, 0.15) is 6.61 Å². The van der Waals surface area contributed by atoms with Crippen LogP contribution in [0, 0.1) is 19.3 Å². The molecule has 4 rings (SSSR count). The number of hydrogen-bond acceptors (Lipinski definition) is 7. The lowest BCUT2D eigenvalue weighted by molar-refractivity contribution is -0.139. The second-order valence-electron chi connectivity index (χ2n) is 8.08. The highest BCUT2D eigenvalue weighted by atomic mass is 32.1. The molecule has 0 N–H and O–H groups in total. The molecule has 1 aromatic heterocycles. The van der Waals surface area contributed by atoms with E-state index in [9.17, 15) is 9.59 Å². The van der Waals surface area contributed by atoms with Gasteiger partial charge in [0, 0.05) is 5.56 Å². The van der Waals surface area contributed by atoms with E-state index in [1.165, 1.54) is 18.4 Å². The number of aryl methyl sites for hydroxylation is 1. The lowest BCUT2D eigenvalue weighted by Crippen LogP contribution is -2.39. The van der Waals surface area contributed by atoms with Crippen molar-refractivity contribution >= 4 is 23.4 Å². The topological polar surface area (TPSA) is 79.1 Å². The first kappa shape index (κ1) is 25.0. The van der Waals surface area contributed by atoms with Crippen molar-refractivity contribution in [2.45, 2.75) is 26.8 Å². The Balaban J connectivity index is 1.95. The van der Waals surface area contributed by atoms with Crippen LogP contribution >= 0.6 is 11.3 Å². The molecule has 1 aliphatic rings. The summed E-state index contributed by atoms with van der Waals surface area (Å²) in [5.74, 6) is 2.91. The van der Waals surface area contributed by atoms with Gasteiger partial charge in [-0.05, 0) is 38.5 Å². The minimum atomic E-state index is -0.662. The SMILES string of the molecule is C#CCOc1c(/C=c2\sc3n(c2=O)[C@@H](c2ccc(C)cc2)C(C(=O)OCC)=C(C)N=3)cccc1OC. The zero-order valence-electron chi connectivity index (χ0n) is 20.5. The van der Waals surface area contributed by atoms with Gasteiger partial charge < -0.3 is 14.2 Å². The molecule has 2 aromatic carbocycles. The third-order valence-electron chi connectivity index (χ3n) is 5.73. The van der Waals surface area contributed by atoms with Crippen LogP contribution in [0.25, 0.3) is 6.08 Å². The Morgan fingerprint density at radius 1 is 1.22 bits per heavy atom. The first-order valence-corrected chi connectivity index (χ1v) is 12.2. The number of benzene rings is 2. The van der Waals surface area contributed by atoms with Crippen LogP contribution in [0.5, 0.6) is 11.5 Å². The molecule has 0 amide bonds. The quantitative estimate of drug-likeness (QED) is 0.366. The molecule has 184 valence electrons. The number of fused-ring (bicyclic) bond motifs is 1. The number of esters is 1. The molecule has 0 saturated heterocycles. The van der Waals surface area contributed by atoms with Gasteiger partial charge in [0.05, 0.1) is 35.6 Å². The van der Waals surface area contributed by atoms with Gasteiger partial charge in [-0.1, -0.05) is 59.2 Å². The fourth-order valence-electron chi connectivity index (χ4n) is 4.07. The Hall–Kier alpha value is -4.09. The van der Waals surface area contributed by atoms with Crippen molar-refractivity contribution in [1.29, 1.82) is 0 Å². The zero-order chi connectivity index (χ0) is 25.8. The number of carbonyl (C=O) groups excluding carboxylic acids is 1. The molecule has 36 heavy (non-hydrogen) atoms. The number of hydrogen-bond donors (Lipinski definition) is 0. The minimum Gasteiger partial charge on any atom is -0.493 e. The van der Waals surface area contributed by atoms with Gasteiger partial charge in [0.25, 0.3) is 5.56 Å². The predicted molar refractivity (Wildman–Crippen MR) is 139 cm³/mol. The maximum atomic E-state index is 13.8. The molecule has 0 radical (unpaired) electrons. The van der Waals surface area contributed by atoms with Gasteiger partial charge in [-0.3, -0.25) is 9.36 Å². The monoisotopic (exact) mass is 502 g/mol. The van der Waals surface area contributed by atoms with Crippen molar-refractivity contribution in [3.8, 4) is 23.8 Å². The average molecular weight is 503 g/mol. The summed E-state index contributed by atoms with van der Waals surface area (Å²) in [6.45, 7) is 5.77. The average Bonchev–Trinajstić information content (AvgIpc) is 3.17. The second kappa shape index (κ2) is 10.7. The van der Waals surface area contributed by atoms with E-state index in [1.807, 2.05) is 43.3 Å². The molecule has 0 spiro atoms. The highest BCUT2D eigenvalue weighted by Gasteiger charge is 2.33. The maximum Gasteiger partial charge on any atom is 0.338 e. The highest BCUT2D eigenvalue weighted by molar-refractivity contribution is 7.07. The normalized spacial score (nSPS) is 15.1. The van der Waals surface area contributed by atoms with E-state index in [2.05, 4.69) is 10.9 Å². The second-order valence-corrected chi connectivity index (χ2v) is 9.09. The van der Waals surface area contributed by atoms with Crippen molar-refractivity contribution in [2.24, 2.45) is 4.99 Å². The Bertz CT molecular complexity index is 1560. The number of methoxy groups -OCH3 is 1. The number of carbonyl (C=O) groups is 1. The molecule has 0 aliphatic carbocycles. The Labute approximate surface area is 213 Å². The smallest absolute Gasteiger partial charge is 0.338 e. The summed E-state index contributed by atoms with van der Waals surface area (Å²) in [5.41, 5.74) is 3.10. The summed E-state index contributed by atoms with van der Waals surface area (Å²) in [6, 6.07) is 12.5. The minimum absolute atomic E-state index is 0.0536. The first-order valence-electron chi connectivity index (χ1n) is 11.4. The summed E-state index contributed by atoms with van der Waals surface area (Å²) in [7, 11) is 1.54. The molecule has 1 aliphatic heterocycles. The Kier molecular flexibility index (Phi) is 7.41. The lowest BCUT2D eigenvalue weighted by atomic mass is 9.95. The third-order valence-corrected chi connectivity index (χ3v) is 6.71. The summed E-state index contributed by atoms with van der Waals surface area (Å²) in [6.07, 6.45) is 7.11. The van der Waals surface area contributed by atoms with Crippen molar-refractivity contribution in [2.75, 3.05) is 20.3 Å². The van der Waals surface area contributed by atoms with Crippen LogP contribution in [0.15, 0.2) is 63.5 Å². The van der Waals surface area contributed by atoms with Crippen LogP contribution in [-0.2, 0) is 9.53 Å². The zero-order valence-corrected chi connectivity index (χ0v) is 21.3. The molecule has 0 fully saturated rings. The van der Waals surface area contributed by atoms with E-state index in [1.54, 1.807) is 30.6 Å². The van der Waals surface area contributed by atoms with Crippen molar-refractivity contribution < 1.29 is 19.0 Å². The van der Waals surface area contributed by atoms with Crippen molar-refractivity contribution in [3.63, 3.8) is 0 Å². The number of ether oxygens (including phenoxy) is 3. The van der Waals surface area contributed by atoms with Gasteiger partial charge in [-0.2, -0.15) is 0 Å². The molecular formula is C28H26N2O5S. The number of terminal acetylenes is 1. The standard InChI is InChI=1S/C28H26N2O5S/c1-6-15-35-25-20(9-8-10-21(25)33-5)16-22-26(31)30-24(19-13-11-17(3)12-14-19)23(27(32)34-7-2)18(4)29-28(30)36-22/h1,8-14,16,24H,7,15H2,2-5H3/b22-16-/t24-/m0/s1. The number of nitrogens with zero attached hydrogens (tertiary/aromatic N) is 2. The molecule has 0 bridgehead atoms. The molecule has 3 aromatic rings. The van der Waals surface area contributed by atoms with E-state index >= 15 is 0 Å². The van der Waals surface area contributed by atoms with Crippen LogP contribution in [-0.4, -0.2) is 30.9 Å². The van der Waals surface area contributed by atoms with Gasteiger partial charge >= 0.3 is 5.97 Å². The van der Waals surface area contributed by atoms with E-state index in [0.717, 1.165) is 11.1 Å². The molecule has 8 heteroatoms. The number of allylic oxidation sites excluding steroid dienone is 1. The summed E-state index contributed by atoms with van der Waals surface area (Å²) in [4.78, 5) is 31.9. The van der Waals surface area contributed by atoms with E-state index in [0.29, 0.717) is 37.7 Å². The van der Waals surface area contributed by atoms with Gasteiger partial charge in [-0.25, -0.2) is 9.79 Å². The highest BCUT2D eigenvalue weighted by Crippen LogP contribution is 2.32. The summed E-state index contributed by atoms with van der Waals surface area (Å²) >= 11 is 1.24. The lowest BCUT2D eigenvalue weighted by Gasteiger charge is -2.24. The molecule has 2 heterocycles. The predicted octanol–water partition coefficient (Wildman–Crippen LogP) is 3.13. The van der Waals surface area contributed by atoms with Crippen molar-refractivity contribution in [3.05, 3.63) is 90.1 Å². The van der Waals surface area contributed by atoms with Crippen LogP contribution in [0.2, 0.25) is 0 Å².